The Labute approximate surface area is 160 Å². The third-order valence-electron chi connectivity index (χ3n) is 5.86. The lowest BCUT2D eigenvalue weighted by Crippen LogP contribution is -3.13. The van der Waals surface area contributed by atoms with Crippen molar-refractivity contribution in [1.29, 1.82) is 0 Å². The second kappa shape index (κ2) is 7.59. The Balaban J connectivity index is 1.82. The van der Waals surface area contributed by atoms with Gasteiger partial charge < -0.3 is 14.8 Å². The maximum atomic E-state index is 13.0. The van der Waals surface area contributed by atoms with Crippen LogP contribution in [0.5, 0.6) is 0 Å². The first-order valence-electron chi connectivity index (χ1n) is 9.87. The van der Waals surface area contributed by atoms with Crippen LogP contribution in [0.15, 0.2) is 9.59 Å². The van der Waals surface area contributed by atoms with E-state index in [0.717, 1.165) is 60.3 Å². The molecule has 0 aromatic carbocycles. The number of thiophene rings is 1. The number of nitrogens with one attached hydrogen (secondary N) is 1. The molecule has 0 saturated carbocycles. The zero-order valence-electron chi connectivity index (χ0n) is 15.4. The molecule has 0 bridgehead atoms. The summed E-state index contributed by atoms with van der Waals surface area (Å²) in [6.45, 7) is 2.86. The number of aryl methyl sites for hydroxylation is 2. The Morgan fingerprint density at radius 1 is 1.04 bits per heavy atom. The number of fused-ring (bicyclic) bond motifs is 3. The lowest BCUT2D eigenvalue weighted by molar-refractivity contribution is -0.905. The van der Waals surface area contributed by atoms with Crippen LogP contribution in [0.4, 0.5) is 0 Å². The van der Waals surface area contributed by atoms with E-state index in [1.807, 2.05) is 0 Å². The molecule has 3 heterocycles. The zero-order chi connectivity index (χ0) is 19.0. The van der Waals surface area contributed by atoms with E-state index in [1.165, 1.54) is 29.0 Å². The van der Waals surface area contributed by atoms with E-state index in [9.17, 15) is 19.5 Å². The molecule has 7 nitrogen and oxygen atoms in total. The fourth-order valence-corrected chi connectivity index (χ4v) is 5.85. The van der Waals surface area contributed by atoms with Crippen LogP contribution in [-0.4, -0.2) is 34.7 Å². The average molecular weight is 391 g/mol. The van der Waals surface area contributed by atoms with Crippen molar-refractivity contribution in [2.75, 3.05) is 19.6 Å². The van der Waals surface area contributed by atoms with Crippen LogP contribution in [-0.2, 0) is 30.7 Å². The number of piperidine rings is 1. The molecule has 2 aliphatic rings. The highest BCUT2D eigenvalue weighted by Gasteiger charge is 2.24. The van der Waals surface area contributed by atoms with Crippen LogP contribution < -0.4 is 21.3 Å². The van der Waals surface area contributed by atoms with E-state index in [4.69, 9.17) is 0 Å². The van der Waals surface area contributed by atoms with Crippen LogP contribution in [0.1, 0.15) is 42.5 Å². The molecule has 0 radical (unpaired) electrons. The predicted molar refractivity (Wildman–Crippen MR) is 101 cm³/mol. The first kappa shape index (κ1) is 18.4. The minimum absolute atomic E-state index is 0.472. The van der Waals surface area contributed by atoms with Crippen molar-refractivity contribution >= 4 is 27.5 Å². The summed E-state index contributed by atoms with van der Waals surface area (Å²) in [5.41, 5.74) is 0.0318. The van der Waals surface area contributed by atoms with Crippen molar-refractivity contribution < 1.29 is 14.8 Å². The molecule has 2 aromatic heterocycles. The smallest absolute Gasteiger partial charge is 0.332 e. The maximum Gasteiger partial charge on any atom is 0.332 e. The van der Waals surface area contributed by atoms with Gasteiger partial charge in [0.2, 0.25) is 0 Å². The van der Waals surface area contributed by atoms with Crippen LogP contribution in [0.25, 0.3) is 10.2 Å². The maximum absolute atomic E-state index is 13.0. The van der Waals surface area contributed by atoms with Gasteiger partial charge in [-0.05, 0) is 50.5 Å². The van der Waals surface area contributed by atoms with Crippen LogP contribution in [0.3, 0.4) is 0 Å². The Kier molecular flexibility index (Phi) is 5.19. The number of carbonyl (C=O) groups is 1. The molecule has 1 saturated heterocycles. The number of hydrogen-bond donors (Lipinski definition) is 1. The summed E-state index contributed by atoms with van der Waals surface area (Å²) in [7, 11) is 0. The number of carboxylic acid groups (broad SMARTS) is 1. The van der Waals surface area contributed by atoms with E-state index in [2.05, 4.69) is 0 Å². The number of hydrogen-bond acceptors (Lipinski definition) is 5. The van der Waals surface area contributed by atoms with Gasteiger partial charge in [0.25, 0.3) is 5.56 Å². The number of aliphatic carboxylic acids is 1. The molecule has 146 valence electrons. The van der Waals surface area contributed by atoms with Gasteiger partial charge in [0.05, 0.1) is 44.1 Å². The summed E-state index contributed by atoms with van der Waals surface area (Å²) in [6.07, 6.45) is 7.55. The molecular formula is C19H25N3O4S. The van der Waals surface area contributed by atoms with Crippen LogP contribution in [0, 0.1) is 0 Å². The van der Waals surface area contributed by atoms with E-state index >= 15 is 0 Å². The standard InChI is InChI=1S/C19H25N3O4S/c23-15(24)12-22-17(25)16-13-6-2-3-7-14(13)27-18(16)21(19(22)26)11-10-20-8-4-1-5-9-20/h1-12H2,(H,23,24). The van der Waals surface area contributed by atoms with E-state index in [1.54, 1.807) is 15.9 Å². The number of aromatic nitrogens is 2. The van der Waals surface area contributed by atoms with Crippen molar-refractivity contribution in [3.05, 3.63) is 31.3 Å². The van der Waals surface area contributed by atoms with Gasteiger partial charge in [0.1, 0.15) is 4.83 Å². The molecular weight excluding hydrogens is 366 g/mol. The fourth-order valence-electron chi connectivity index (χ4n) is 4.45. The van der Waals surface area contributed by atoms with Gasteiger partial charge in [-0.2, -0.15) is 0 Å². The number of rotatable bonds is 5. The molecule has 1 aliphatic carbocycles. The van der Waals surface area contributed by atoms with Crippen LogP contribution >= 0.6 is 11.3 Å². The van der Waals surface area contributed by atoms with Crippen LogP contribution in [0.2, 0.25) is 0 Å². The minimum atomic E-state index is -1.41. The summed E-state index contributed by atoms with van der Waals surface area (Å²) in [4.78, 5) is 40.4. The zero-order valence-corrected chi connectivity index (χ0v) is 16.2. The number of nitrogens with zero attached hydrogens (tertiary/aromatic N) is 2. The molecule has 4 rings (SSSR count). The van der Waals surface area contributed by atoms with E-state index in [0.29, 0.717) is 11.9 Å². The third-order valence-corrected chi connectivity index (χ3v) is 7.17. The number of quaternary nitrogens is 1. The Bertz CT molecular complexity index is 981. The molecule has 1 N–H and O–H groups in total. The lowest BCUT2D eigenvalue weighted by Gasteiger charge is -2.24. The Hall–Kier alpha value is -1.93. The SMILES string of the molecule is O=C([O-])Cn1c(=O)c2c3c(sc2n(CC[NH+]2CCCCC2)c1=O)CCCC3. The number of carboxylic acids is 1. The fraction of sp³-hybridized carbons (Fsp3) is 0.632. The summed E-state index contributed by atoms with van der Waals surface area (Å²) < 4.78 is 2.50. The molecule has 27 heavy (non-hydrogen) atoms. The molecule has 1 fully saturated rings. The highest BCUT2D eigenvalue weighted by Crippen LogP contribution is 2.34. The molecule has 0 spiro atoms. The van der Waals surface area contributed by atoms with E-state index in [-0.39, 0.29) is 0 Å². The van der Waals surface area contributed by atoms with Crippen molar-refractivity contribution in [3.63, 3.8) is 0 Å². The summed E-state index contributed by atoms with van der Waals surface area (Å²) >= 11 is 1.55. The minimum Gasteiger partial charge on any atom is -0.548 e. The first-order valence-corrected chi connectivity index (χ1v) is 10.7. The molecule has 1 aliphatic heterocycles. The quantitative estimate of drug-likeness (QED) is 0.702. The van der Waals surface area contributed by atoms with Crippen molar-refractivity contribution in [3.8, 4) is 0 Å². The molecule has 0 unspecified atom stereocenters. The van der Waals surface area contributed by atoms with Gasteiger partial charge >= 0.3 is 5.69 Å². The first-order chi connectivity index (χ1) is 13.1. The monoisotopic (exact) mass is 391 g/mol. The van der Waals surface area contributed by atoms with Crippen molar-refractivity contribution in [2.24, 2.45) is 0 Å². The molecule has 0 amide bonds. The van der Waals surface area contributed by atoms with Gasteiger partial charge in [-0.1, -0.05) is 0 Å². The largest absolute Gasteiger partial charge is 0.548 e. The summed E-state index contributed by atoms with van der Waals surface area (Å²) in [5, 5.41) is 11.7. The summed E-state index contributed by atoms with van der Waals surface area (Å²) in [5.74, 6) is -1.41. The topological polar surface area (TPSA) is 88.6 Å². The number of likely N-dealkylation sites (tertiary alicyclic amines) is 1. The van der Waals surface area contributed by atoms with Gasteiger partial charge in [-0.25, -0.2) is 4.79 Å². The second-order valence-corrected chi connectivity index (χ2v) is 8.73. The molecule has 2 aromatic rings. The normalized spacial score (nSPS) is 17.9. The van der Waals surface area contributed by atoms with Gasteiger partial charge in [-0.3, -0.25) is 13.9 Å². The highest BCUT2D eigenvalue weighted by molar-refractivity contribution is 7.18. The lowest BCUT2D eigenvalue weighted by atomic mass is 9.97. The average Bonchev–Trinajstić information content (AvgIpc) is 3.05. The van der Waals surface area contributed by atoms with Gasteiger partial charge in [-0.15, -0.1) is 11.3 Å². The number of carbonyl (C=O) groups excluding carboxylic acids is 1. The highest BCUT2D eigenvalue weighted by atomic mass is 32.1. The predicted octanol–water partition coefficient (Wildman–Crippen LogP) is -1.08. The van der Waals surface area contributed by atoms with Gasteiger partial charge in [0, 0.05) is 4.88 Å². The van der Waals surface area contributed by atoms with Gasteiger partial charge in [0.15, 0.2) is 0 Å². The summed E-state index contributed by atoms with van der Waals surface area (Å²) in [6, 6.07) is 0. The Morgan fingerprint density at radius 2 is 1.78 bits per heavy atom. The molecule has 8 heteroatoms. The third kappa shape index (κ3) is 3.48. The van der Waals surface area contributed by atoms with Crippen molar-refractivity contribution in [2.45, 2.75) is 58.0 Å². The van der Waals surface area contributed by atoms with Crippen molar-refractivity contribution in [1.82, 2.24) is 9.13 Å². The van der Waals surface area contributed by atoms with E-state index < -0.39 is 23.8 Å². The molecule has 0 atom stereocenters. The second-order valence-electron chi connectivity index (χ2n) is 7.65. The Morgan fingerprint density at radius 3 is 2.52 bits per heavy atom.